The highest BCUT2D eigenvalue weighted by atomic mass is 35.5. The Hall–Kier alpha value is -1.33. The number of nitrogens with one attached hydrogen (secondary N) is 1. The minimum atomic E-state index is 0. The summed E-state index contributed by atoms with van der Waals surface area (Å²) < 4.78 is 3.87. The van der Waals surface area contributed by atoms with Gasteiger partial charge in [0.15, 0.2) is 0 Å². The monoisotopic (exact) mass is 283 g/mol. The van der Waals surface area contributed by atoms with Gasteiger partial charge in [-0.15, -0.1) is 12.4 Å². The maximum absolute atomic E-state index is 4.50. The molecule has 0 radical (unpaired) electrons. The molecule has 0 aliphatic heterocycles. The predicted octanol–water partition coefficient (Wildman–Crippen LogP) is 2.22. The Kier molecular flexibility index (Phi) is 5.57. The van der Waals surface area contributed by atoms with E-state index < -0.39 is 0 Å². The average molecular weight is 284 g/mol. The van der Waals surface area contributed by atoms with E-state index in [0.717, 1.165) is 18.8 Å². The summed E-state index contributed by atoms with van der Waals surface area (Å²) in [7, 11) is 1.96. The van der Waals surface area contributed by atoms with Crippen LogP contribution in [0.4, 0.5) is 0 Å². The first-order valence-corrected chi connectivity index (χ1v) is 6.30. The SMILES string of the molecule is Cc1c(CNCc2ccn(C(C)C)n2)cnn1C.Cl. The Morgan fingerprint density at radius 1 is 1.32 bits per heavy atom. The van der Waals surface area contributed by atoms with E-state index in [4.69, 9.17) is 0 Å². The lowest BCUT2D eigenvalue weighted by Gasteiger charge is -2.05. The van der Waals surface area contributed by atoms with Crippen molar-refractivity contribution < 1.29 is 0 Å². The van der Waals surface area contributed by atoms with Crippen LogP contribution in [-0.4, -0.2) is 19.6 Å². The van der Waals surface area contributed by atoms with Crippen LogP contribution in [0, 0.1) is 6.92 Å². The molecule has 6 heteroatoms. The predicted molar refractivity (Wildman–Crippen MR) is 78.3 cm³/mol. The lowest BCUT2D eigenvalue weighted by atomic mass is 10.2. The van der Waals surface area contributed by atoms with Gasteiger partial charge in [-0.25, -0.2) is 0 Å². The number of aromatic nitrogens is 4. The minimum absolute atomic E-state index is 0. The molecule has 0 bridgehead atoms. The van der Waals surface area contributed by atoms with E-state index in [2.05, 4.69) is 42.4 Å². The zero-order valence-electron chi connectivity index (χ0n) is 11.9. The second-order valence-electron chi connectivity index (χ2n) is 4.86. The van der Waals surface area contributed by atoms with Gasteiger partial charge in [0.05, 0.1) is 11.9 Å². The molecule has 0 aromatic carbocycles. The van der Waals surface area contributed by atoms with E-state index in [1.165, 1.54) is 11.3 Å². The summed E-state index contributed by atoms with van der Waals surface area (Å²) in [6.45, 7) is 7.95. The Balaban J connectivity index is 0.00000180. The van der Waals surface area contributed by atoms with Crippen LogP contribution >= 0.6 is 12.4 Å². The van der Waals surface area contributed by atoms with Crippen molar-refractivity contribution in [3.63, 3.8) is 0 Å². The van der Waals surface area contributed by atoms with Crippen molar-refractivity contribution in [1.29, 1.82) is 0 Å². The van der Waals surface area contributed by atoms with Crippen molar-refractivity contribution in [2.75, 3.05) is 0 Å². The average Bonchev–Trinajstić information content (AvgIpc) is 2.91. The van der Waals surface area contributed by atoms with Crippen LogP contribution in [0.15, 0.2) is 18.5 Å². The minimum Gasteiger partial charge on any atom is -0.307 e. The first-order chi connectivity index (χ1) is 8.58. The molecule has 0 atom stereocenters. The molecule has 0 unspecified atom stereocenters. The van der Waals surface area contributed by atoms with Crippen LogP contribution in [0.1, 0.15) is 36.8 Å². The highest BCUT2D eigenvalue weighted by Gasteiger charge is 2.04. The van der Waals surface area contributed by atoms with Crippen LogP contribution < -0.4 is 5.32 Å². The van der Waals surface area contributed by atoms with Gasteiger partial charge < -0.3 is 5.32 Å². The van der Waals surface area contributed by atoms with E-state index in [9.17, 15) is 0 Å². The molecule has 0 amide bonds. The van der Waals surface area contributed by atoms with Crippen molar-refractivity contribution >= 4 is 12.4 Å². The molecule has 2 heterocycles. The summed E-state index contributed by atoms with van der Waals surface area (Å²) in [4.78, 5) is 0. The second-order valence-corrected chi connectivity index (χ2v) is 4.86. The summed E-state index contributed by atoms with van der Waals surface area (Å²) >= 11 is 0. The third-order valence-corrected chi connectivity index (χ3v) is 3.15. The summed E-state index contributed by atoms with van der Waals surface area (Å²) in [5, 5.41) is 12.1. The molecule has 0 saturated carbocycles. The van der Waals surface area contributed by atoms with Gasteiger partial charge in [-0.1, -0.05) is 0 Å². The Labute approximate surface area is 120 Å². The molecule has 0 aliphatic rings. The topological polar surface area (TPSA) is 47.7 Å². The largest absolute Gasteiger partial charge is 0.307 e. The van der Waals surface area contributed by atoms with Crippen molar-refractivity contribution in [3.8, 4) is 0 Å². The smallest absolute Gasteiger partial charge is 0.0762 e. The third-order valence-electron chi connectivity index (χ3n) is 3.15. The van der Waals surface area contributed by atoms with Crippen LogP contribution in [0.25, 0.3) is 0 Å². The molecule has 0 fully saturated rings. The number of halogens is 1. The first kappa shape index (κ1) is 15.7. The number of hydrogen-bond donors (Lipinski definition) is 1. The van der Waals surface area contributed by atoms with E-state index in [0.29, 0.717) is 6.04 Å². The molecule has 5 nitrogen and oxygen atoms in total. The maximum Gasteiger partial charge on any atom is 0.0762 e. The van der Waals surface area contributed by atoms with Crippen molar-refractivity contribution in [2.24, 2.45) is 7.05 Å². The molecule has 2 aromatic rings. The summed E-state index contributed by atoms with van der Waals surface area (Å²) in [6, 6.07) is 2.47. The van der Waals surface area contributed by atoms with Gasteiger partial charge in [0.25, 0.3) is 0 Å². The van der Waals surface area contributed by atoms with Crippen LogP contribution in [0.3, 0.4) is 0 Å². The van der Waals surface area contributed by atoms with Crippen molar-refractivity contribution in [1.82, 2.24) is 24.9 Å². The van der Waals surface area contributed by atoms with E-state index in [-0.39, 0.29) is 12.4 Å². The van der Waals surface area contributed by atoms with E-state index in [1.807, 2.05) is 28.8 Å². The molecular formula is C13H22ClN5. The standard InChI is InChI=1S/C13H21N5.ClH/c1-10(2)18-6-5-13(16-18)9-14-7-12-8-15-17(4)11(12)3;/h5-6,8,10,14H,7,9H2,1-4H3;1H. The Morgan fingerprint density at radius 3 is 2.58 bits per heavy atom. The lowest BCUT2D eigenvalue weighted by molar-refractivity contribution is 0.521. The van der Waals surface area contributed by atoms with Gasteiger partial charge in [0.1, 0.15) is 0 Å². The van der Waals surface area contributed by atoms with Crippen molar-refractivity contribution in [3.05, 3.63) is 35.4 Å². The molecule has 0 aliphatic carbocycles. The van der Waals surface area contributed by atoms with Crippen LogP contribution in [0.5, 0.6) is 0 Å². The third kappa shape index (κ3) is 3.81. The summed E-state index contributed by atoms with van der Waals surface area (Å²) in [5.74, 6) is 0. The molecule has 0 saturated heterocycles. The Morgan fingerprint density at radius 2 is 2.05 bits per heavy atom. The lowest BCUT2D eigenvalue weighted by Crippen LogP contribution is -2.14. The molecule has 2 aromatic heterocycles. The van der Waals surface area contributed by atoms with Gasteiger partial charge >= 0.3 is 0 Å². The summed E-state index contributed by atoms with van der Waals surface area (Å²) in [5.41, 5.74) is 3.52. The molecule has 1 N–H and O–H groups in total. The van der Waals surface area contributed by atoms with Gasteiger partial charge in [-0.05, 0) is 26.8 Å². The molecule has 2 rings (SSSR count). The Bertz CT molecular complexity index is 515. The molecule has 106 valence electrons. The van der Waals surface area contributed by atoms with Gasteiger partial charge in [0, 0.05) is 43.6 Å². The molecule has 0 spiro atoms. The maximum atomic E-state index is 4.50. The number of rotatable bonds is 5. The quantitative estimate of drug-likeness (QED) is 0.915. The van der Waals surface area contributed by atoms with Crippen LogP contribution in [0.2, 0.25) is 0 Å². The fourth-order valence-electron chi connectivity index (χ4n) is 1.80. The number of nitrogens with zero attached hydrogens (tertiary/aromatic N) is 4. The van der Waals surface area contributed by atoms with Crippen molar-refractivity contribution in [2.45, 2.75) is 39.9 Å². The van der Waals surface area contributed by atoms with Gasteiger partial charge in [-0.3, -0.25) is 9.36 Å². The van der Waals surface area contributed by atoms with E-state index >= 15 is 0 Å². The number of aryl methyl sites for hydroxylation is 1. The fraction of sp³-hybridized carbons (Fsp3) is 0.538. The molecule has 19 heavy (non-hydrogen) atoms. The van der Waals surface area contributed by atoms with Gasteiger partial charge in [0.2, 0.25) is 0 Å². The van der Waals surface area contributed by atoms with Gasteiger partial charge in [-0.2, -0.15) is 10.2 Å². The van der Waals surface area contributed by atoms with E-state index in [1.54, 1.807) is 0 Å². The fourth-order valence-corrected chi connectivity index (χ4v) is 1.80. The normalized spacial score (nSPS) is 10.8. The summed E-state index contributed by atoms with van der Waals surface area (Å²) in [6.07, 6.45) is 3.94. The zero-order valence-corrected chi connectivity index (χ0v) is 12.7. The zero-order chi connectivity index (χ0) is 13.1. The first-order valence-electron chi connectivity index (χ1n) is 6.30. The highest BCUT2D eigenvalue weighted by molar-refractivity contribution is 5.85. The number of hydrogen-bond acceptors (Lipinski definition) is 3. The van der Waals surface area contributed by atoms with Crippen LogP contribution in [-0.2, 0) is 20.1 Å². The second kappa shape index (κ2) is 6.73. The molecular weight excluding hydrogens is 262 g/mol. The highest BCUT2D eigenvalue weighted by Crippen LogP contribution is 2.06.